The Morgan fingerprint density at radius 2 is 1.92 bits per heavy atom. The number of nitrogens with one attached hydrogen (secondary N) is 1. The molecule has 2 aromatic heterocycles. The molecule has 2 N–H and O–H groups in total. The first kappa shape index (κ1) is 24.4. The number of ether oxygens (including phenoxy) is 1. The van der Waals surface area contributed by atoms with Crippen molar-refractivity contribution in [3.05, 3.63) is 58.9 Å². The minimum absolute atomic E-state index is 0.0283. The smallest absolute Gasteiger partial charge is 0.407 e. The predicted molar refractivity (Wildman–Crippen MR) is 142 cm³/mol. The summed E-state index contributed by atoms with van der Waals surface area (Å²) in [4.78, 5) is 36.1. The molecule has 1 aliphatic heterocycles. The third-order valence-corrected chi connectivity index (χ3v) is 7.04. The first-order chi connectivity index (χ1) is 17.9. The number of anilines is 1. The standard InChI is InChI=1S/C27H30N6O4/c1-4-33(27(35)36)18-12-14-32(15-13-18)19-10-11-20(21(16-19)37-3)24-28-25-22(26(34)29-24)23(30-31(25)2)17-8-6-5-7-9-17/h5-11,16,18H,4,12-15H2,1-3H3,(H,35,36)(H,28,29,34). The van der Waals surface area contributed by atoms with Crippen molar-refractivity contribution in [2.24, 2.45) is 7.05 Å². The van der Waals surface area contributed by atoms with Gasteiger partial charge in [-0.25, -0.2) is 14.5 Å². The van der Waals surface area contributed by atoms with E-state index in [2.05, 4.69) is 15.0 Å². The molecule has 0 radical (unpaired) electrons. The molecule has 1 saturated heterocycles. The van der Waals surface area contributed by atoms with Gasteiger partial charge >= 0.3 is 6.09 Å². The highest BCUT2D eigenvalue weighted by Crippen LogP contribution is 2.34. The maximum Gasteiger partial charge on any atom is 0.407 e. The lowest BCUT2D eigenvalue weighted by Crippen LogP contribution is -2.47. The van der Waals surface area contributed by atoms with E-state index in [1.165, 1.54) is 4.90 Å². The number of amides is 1. The Kier molecular flexibility index (Phi) is 6.56. The molecule has 1 fully saturated rings. The highest BCUT2D eigenvalue weighted by Gasteiger charge is 2.27. The Hall–Kier alpha value is -4.34. The number of methoxy groups -OCH3 is 1. The van der Waals surface area contributed by atoms with E-state index in [0.717, 1.165) is 37.2 Å². The van der Waals surface area contributed by atoms with Gasteiger partial charge in [-0.1, -0.05) is 30.3 Å². The van der Waals surface area contributed by atoms with Crippen LogP contribution in [-0.4, -0.2) is 68.6 Å². The molecule has 0 spiro atoms. The van der Waals surface area contributed by atoms with Crippen molar-refractivity contribution < 1.29 is 14.6 Å². The van der Waals surface area contributed by atoms with Crippen LogP contribution in [0.4, 0.5) is 10.5 Å². The number of benzene rings is 2. The van der Waals surface area contributed by atoms with Crippen molar-refractivity contribution in [3.8, 4) is 28.4 Å². The van der Waals surface area contributed by atoms with E-state index in [-0.39, 0.29) is 11.6 Å². The third-order valence-electron chi connectivity index (χ3n) is 7.04. The number of aryl methyl sites for hydroxylation is 1. The molecule has 3 heterocycles. The molecule has 0 saturated carbocycles. The first-order valence-corrected chi connectivity index (χ1v) is 12.4. The quantitative estimate of drug-likeness (QED) is 0.410. The number of carbonyl (C=O) groups is 1. The van der Waals surface area contributed by atoms with Crippen LogP contribution in [0.1, 0.15) is 19.8 Å². The van der Waals surface area contributed by atoms with Gasteiger partial charge in [-0.05, 0) is 31.9 Å². The van der Waals surface area contributed by atoms with Crippen LogP contribution in [0, 0.1) is 0 Å². The van der Waals surface area contributed by atoms with Gasteiger partial charge in [0.2, 0.25) is 0 Å². The Morgan fingerprint density at radius 3 is 2.57 bits per heavy atom. The first-order valence-electron chi connectivity index (χ1n) is 12.4. The molecule has 37 heavy (non-hydrogen) atoms. The van der Waals surface area contributed by atoms with Crippen LogP contribution < -0.4 is 15.2 Å². The predicted octanol–water partition coefficient (Wildman–Crippen LogP) is 3.97. The zero-order valence-electron chi connectivity index (χ0n) is 21.1. The van der Waals surface area contributed by atoms with E-state index in [1.54, 1.807) is 18.8 Å². The molecule has 2 aromatic carbocycles. The van der Waals surface area contributed by atoms with Crippen molar-refractivity contribution in [2.75, 3.05) is 31.6 Å². The summed E-state index contributed by atoms with van der Waals surface area (Å²) < 4.78 is 7.32. The second kappa shape index (κ2) is 9.96. The topological polar surface area (TPSA) is 117 Å². The van der Waals surface area contributed by atoms with Crippen LogP contribution in [0.5, 0.6) is 5.75 Å². The minimum Gasteiger partial charge on any atom is -0.496 e. The van der Waals surface area contributed by atoms with Gasteiger partial charge in [0.1, 0.15) is 22.7 Å². The average Bonchev–Trinajstić information content (AvgIpc) is 3.26. The molecule has 0 aliphatic carbocycles. The Balaban J connectivity index is 1.45. The van der Waals surface area contributed by atoms with Gasteiger partial charge in [0.05, 0.1) is 12.7 Å². The van der Waals surface area contributed by atoms with Crippen LogP contribution in [0.25, 0.3) is 33.7 Å². The zero-order valence-corrected chi connectivity index (χ0v) is 21.1. The van der Waals surface area contributed by atoms with Crippen molar-refractivity contribution in [1.29, 1.82) is 0 Å². The second-order valence-electron chi connectivity index (χ2n) is 9.12. The third kappa shape index (κ3) is 4.50. The summed E-state index contributed by atoms with van der Waals surface area (Å²) in [5.41, 5.74) is 3.32. The fourth-order valence-corrected chi connectivity index (χ4v) is 5.14. The molecule has 10 nitrogen and oxygen atoms in total. The average molecular weight is 503 g/mol. The van der Waals surface area contributed by atoms with Gasteiger partial charge in [-0.3, -0.25) is 4.79 Å². The molecular weight excluding hydrogens is 472 g/mol. The SMILES string of the molecule is CCN(C(=O)O)C1CCN(c2ccc(-c3nc4c(c(-c5ccccc5)nn4C)c(=O)[nH]3)c(OC)c2)CC1. The van der Waals surface area contributed by atoms with Crippen molar-refractivity contribution >= 4 is 22.8 Å². The lowest BCUT2D eigenvalue weighted by atomic mass is 10.0. The van der Waals surface area contributed by atoms with Gasteiger partial charge in [-0.15, -0.1) is 0 Å². The van der Waals surface area contributed by atoms with Gasteiger partial charge < -0.3 is 24.6 Å². The van der Waals surface area contributed by atoms with Gasteiger partial charge in [0, 0.05) is 50.0 Å². The highest BCUT2D eigenvalue weighted by molar-refractivity contribution is 5.91. The molecule has 1 aliphatic rings. The molecule has 4 aromatic rings. The number of aromatic nitrogens is 4. The summed E-state index contributed by atoms with van der Waals surface area (Å²) >= 11 is 0. The molecule has 192 valence electrons. The summed E-state index contributed by atoms with van der Waals surface area (Å²) in [6.07, 6.45) is 0.662. The largest absolute Gasteiger partial charge is 0.496 e. The molecular formula is C27H30N6O4. The fraction of sp³-hybridized carbons (Fsp3) is 0.333. The number of piperidine rings is 1. The van der Waals surface area contributed by atoms with Crippen molar-refractivity contribution in [3.63, 3.8) is 0 Å². The lowest BCUT2D eigenvalue weighted by molar-refractivity contribution is 0.119. The van der Waals surface area contributed by atoms with E-state index in [0.29, 0.717) is 40.4 Å². The van der Waals surface area contributed by atoms with Crippen LogP contribution in [-0.2, 0) is 7.05 Å². The zero-order chi connectivity index (χ0) is 26.1. The number of aromatic amines is 1. The van der Waals surface area contributed by atoms with Gasteiger partial charge in [-0.2, -0.15) is 5.10 Å². The fourth-order valence-electron chi connectivity index (χ4n) is 5.14. The number of hydrogen-bond donors (Lipinski definition) is 2. The van der Waals surface area contributed by atoms with Crippen molar-refractivity contribution in [1.82, 2.24) is 24.6 Å². The number of carboxylic acid groups (broad SMARTS) is 1. The molecule has 10 heteroatoms. The summed E-state index contributed by atoms with van der Waals surface area (Å²) in [5.74, 6) is 0.996. The maximum absolute atomic E-state index is 13.2. The summed E-state index contributed by atoms with van der Waals surface area (Å²) in [5, 5.41) is 14.4. The maximum atomic E-state index is 13.2. The number of H-pyrrole nitrogens is 1. The van der Waals surface area contributed by atoms with Gasteiger partial charge in [0.25, 0.3) is 5.56 Å². The van der Waals surface area contributed by atoms with Crippen LogP contribution in [0.15, 0.2) is 53.3 Å². The van der Waals surface area contributed by atoms with Crippen molar-refractivity contribution in [2.45, 2.75) is 25.8 Å². The van der Waals surface area contributed by atoms with Gasteiger partial charge in [0.15, 0.2) is 5.65 Å². The molecule has 5 rings (SSSR count). The van der Waals surface area contributed by atoms with E-state index in [1.807, 2.05) is 55.5 Å². The summed E-state index contributed by atoms with van der Waals surface area (Å²) in [6, 6.07) is 15.4. The number of hydrogen-bond acceptors (Lipinski definition) is 6. The van der Waals surface area contributed by atoms with Crippen LogP contribution in [0.3, 0.4) is 0 Å². The molecule has 1 amide bonds. The summed E-state index contributed by atoms with van der Waals surface area (Å²) in [6.45, 7) is 3.85. The van der Waals surface area contributed by atoms with Crippen LogP contribution >= 0.6 is 0 Å². The monoisotopic (exact) mass is 502 g/mol. The Labute approximate surface area is 214 Å². The Morgan fingerprint density at radius 1 is 1.19 bits per heavy atom. The molecule has 0 unspecified atom stereocenters. The van der Waals surface area contributed by atoms with E-state index >= 15 is 0 Å². The number of rotatable bonds is 6. The number of nitrogens with zero attached hydrogens (tertiary/aromatic N) is 5. The normalized spacial score (nSPS) is 14.2. The van der Waals surface area contributed by atoms with E-state index in [9.17, 15) is 14.7 Å². The summed E-state index contributed by atoms with van der Waals surface area (Å²) in [7, 11) is 3.37. The second-order valence-corrected chi connectivity index (χ2v) is 9.12. The molecule has 0 bridgehead atoms. The van der Waals surface area contributed by atoms with E-state index < -0.39 is 6.09 Å². The highest BCUT2D eigenvalue weighted by atomic mass is 16.5. The lowest BCUT2D eigenvalue weighted by Gasteiger charge is -2.38. The Bertz CT molecular complexity index is 1490. The minimum atomic E-state index is -0.866. The van der Waals surface area contributed by atoms with E-state index in [4.69, 9.17) is 9.72 Å². The number of fused-ring (bicyclic) bond motifs is 1. The molecule has 0 atom stereocenters. The van der Waals surface area contributed by atoms with Crippen LogP contribution in [0.2, 0.25) is 0 Å².